The molecule has 0 spiro atoms. The van der Waals surface area contributed by atoms with Crippen LogP contribution in [0.5, 0.6) is 5.75 Å². The quantitative estimate of drug-likeness (QED) is 0.486. The molecule has 27 heavy (non-hydrogen) atoms. The molecule has 6 nitrogen and oxygen atoms in total. The minimum Gasteiger partial charge on any atom is -0.507 e. The molecule has 0 aliphatic carbocycles. The number of benzene rings is 1. The molecule has 0 saturated carbocycles. The molecular formula is C20H31ClN2O4. The van der Waals surface area contributed by atoms with E-state index >= 15 is 0 Å². The highest BCUT2D eigenvalue weighted by Gasteiger charge is 2.15. The van der Waals surface area contributed by atoms with E-state index < -0.39 is 5.97 Å². The number of hydrogen-bond acceptors (Lipinski definition) is 5. The van der Waals surface area contributed by atoms with Crippen LogP contribution in [0.4, 0.5) is 5.69 Å². The summed E-state index contributed by atoms with van der Waals surface area (Å²) in [4.78, 5) is 26.3. The van der Waals surface area contributed by atoms with Gasteiger partial charge in [0, 0.05) is 24.7 Å². The molecule has 1 aromatic carbocycles. The number of esters is 1. The summed E-state index contributed by atoms with van der Waals surface area (Å²) in [5, 5.41) is 12.8. The largest absolute Gasteiger partial charge is 0.507 e. The predicted molar refractivity (Wildman–Crippen MR) is 109 cm³/mol. The van der Waals surface area contributed by atoms with Crippen molar-refractivity contribution in [2.75, 3.05) is 31.6 Å². The van der Waals surface area contributed by atoms with E-state index in [2.05, 4.69) is 17.1 Å². The molecule has 7 heteroatoms. The van der Waals surface area contributed by atoms with Crippen molar-refractivity contribution in [3.8, 4) is 5.75 Å². The number of phenols is 1. The number of halogens is 1. The van der Waals surface area contributed by atoms with Crippen LogP contribution in [0.2, 0.25) is 0 Å². The molecule has 1 fully saturated rings. The molecule has 0 unspecified atom stereocenters. The van der Waals surface area contributed by atoms with E-state index in [0.29, 0.717) is 18.7 Å². The number of phenolic OH excluding ortho intramolecular Hbond substituents is 1. The van der Waals surface area contributed by atoms with Gasteiger partial charge in [-0.15, -0.1) is 12.4 Å². The average molecular weight is 399 g/mol. The lowest BCUT2D eigenvalue weighted by molar-refractivity contribution is -0.116. The van der Waals surface area contributed by atoms with Gasteiger partial charge in [-0.25, -0.2) is 4.79 Å². The average Bonchev–Trinajstić information content (AvgIpc) is 2.64. The number of nitrogens with one attached hydrogen (secondary N) is 1. The number of hydrogen-bond donors (Lipinski definition) is 2. The van der Waals surface area contributed by atoms with Crippen LogP contribution in [0, 0.1) is 0 Å². The highest BCUT2D eigenvalue weighted by atomic mass is 35.5. The second-order valence-corrected chi connectivity index (χ2v) is 6.78. The van der Waals surface area contributed by atoms with E-state index in [0.717, 1.165) is 38.9 Å². The van der Waals surface area contributed by atoms with Crippen molar-refractivity contribution in [1.29, 1.82) is 0 Å². The number of unbranched alkanes of at least 4 members (excludes halogenated alkanes) is 2. The summed E-state index contributed by atoms with van der Waals surface area (Å²) >= 11 is 0. The Bertz CT molecular complexity index is 604. The number of likely N-dealkylation sites (tertiary alicyclic amines) is 1. The van der Waals surface area contributed by atoms with Crippen molar-refractivity contribution in [3.05, 3.63) is 23.8 Å². The summed E-state index contributed by atoms with van der Waals surface area (Å²) in [7, 11) is 0. The molecule has 1 aromatic rings. The zero-order valence-electron chi connectivity index (χ0n) is 16.0. The van der Waals surface area contributed by atoms with Crippen LogP contribution in [0.1, 0.15) is 62.2 Å². The first-order valence-corrected chi connectivity index (χ1v) is 9.62. The molecule has 2 N–H and O–H groups in total. The van der Waals surface area contributed by atoms with Gasteiger partial charge in [-0.2, -0.15) is 0 Å². The smallest absolute Gasteiger partial charge is 0.341 e. The fraction of sp³-hybridized carbons (Fsp3) is 0.600. The molecule has 0 radical (unpaired) electrons. The van der Waals surface area contributed by atoms with Crippen LogP contribution in [0.25, 0.3) is 0 Å². The van der Waals surface area contributed by atoms with Gasteiger partial charge in [0.05, 0.1) is 6.61 Å². The zero-order valence-corrected chi connectivity index (χ0v) is 16.9. The Morgan fingerprint density at radius 1 is 1.19 bits per heavy atom. The number of anilines is 1. The van der Waals surface area contributed by atoms with Gasteiger partial charge in [-0.1, -0.05) is 26.2 Å². The van der Waals surface area contributed by atoms with Crippen molar-refractivity contribution < 1.29 is 19.4 Å². The molecule has 0 bridgehead atoms. The highest BCUT2D eigenvalue weighted by molar-refractivity contribution is 5.95. The molecule has 2 rings (SSSR count). The molecular weight excluding hydrogens is 368 g/mol. The van der Waals surface area contributed by atoms with Gasteiger partial charge < -0.3 is 20.1 Å². The summed E-state index contributed by atoms with van der Waals surface area (Å²) in [6.07, 6.45) is 6.96. The molecule has 1 aliphatic heterocycles. The molecule has 1 aliphatic rings. The maximum atomic E-state index is 12.1. The number of ether oxygens (including phenoxy) is 1. The van der Waals surface area contributed by atoms with Crippen molar-refractivity contribution in [1.82, 2.24) is 4.90 Å². The van der Waals surface area contributed by atoms with E-state index in [9.17, 15) is 14.7 Å². The Labute approximate surface area is 167 Å². The SMILES string of the molecule is CCCCCOC(=O)c1ccc(NC(=O)CCN2CCCCC2)cc1O.Cl. The number of carbonyl (C=O) groups is 2. The normalized spacial score (nSPS) is 14.3. The third-order valence-corrected chi connectivity index (χ3v) is 4.59. The first kappa shape index (κ1) is 23.2. The number of amides is 1. The summed E-state index contributed by atoms with van der Waals surface area (Å²) in [5.41, 5.74) is 0.599. The molecule has 0 aromatic heterocycles. The van der Waals surface area contributed by atoms with Crippen molar-refractivity contribution >= 4 is 30.0 Å². The van der Waals surface area contributed by atoms with Crippen LogP contribution < -0.4 is 5.32 Å². The number of aromatic hydroxyl groups is 1. The van der Waals surface area contributed by atoms with Crippen molar-refractivity contribution in [2.24, 2.45) is 0 Å². The molecule has 152 valence electrons. The van der Waals surface area contributed by atoms with E-state index in [1.807, 2.05) is 0 Å². The Balaban J connectivity index is 0.00000364. The topological polar surface area (TPSA) is 78.9 Å². The van der Waals surface area contributed by atoms with Gasteiger partial charge in [0.2, 0.25) is 5.91 Å². The number of rotatable bonds is 9. The molecule has 1 amide bonds. The number of carbonyl (C=O) groups excluding carboxylic acids is 2. The first-order valence-electron chi connectivity index (χ1n) is 9.62. The van der Waals surface area contributed by atoms with Crippen LogP contribution in [0.15, 0.2) is 18.2 Å². The van der Waals surface area contributed by atoms with E-state index in [1.54, 1.807) is 6.07 Å². The third-order valence-electron chi connectivity index (χ3n) is 4.59. The number of piperidine rings is 1. The maximum absolute atomic E-state index is 12.1. The second kappa shape index (κ2) is 12.6. The minimum atomic E-state index is -0.540. The Hall–Kier alpha value is -1.79. The van der Waals surface area contributed by atoms with Crippen molar-refractivity contribution in [2.45, 2.75) is 51.9 Å². The zero-order chi connectivity index (χ0) is 18.8. The van der Waals surface area contributed by atoms with Gasteiger partial charge in [-0.3, -0.25) is 4.79 Å². The summed E-state index contributed by atoms with van der Waals surface area (Å²) in [5.74, 6) is -0.814. The summed E-state index contributed by atoms with van der Waals surface area (Å²) in [6, 6.07) is 4.49. The lowest BCUT2D eigenvalue weighted by Crippen LogP contribution is -2.32. The fourth-order valence-corrected chi connectivity index (χ4v) is 3.04. The first-order chi connectivity index (χ1) is 12.6. The lowest BCUT2D eigenvalue weighted by atomic mass is 10.1. The van der Waals surface area contributed by atoms with E-state index in [4.69, 9.17) is 4.74 Å². The van der Waals surface area contributed by atoms with Crippen LogP contribution in [-0.4, -0.2) is 48.1 Å². The van der Waals surface area contributed by atoms with Gasteiger partial charge in [0.1, 0.15) is 11.3 Å². The predicted octanol–water partition coefficient (Wildman–Crippen LogP) is 3.98. The molecule has 1 heterocycles. The maximum Gasteiger partial charge on any atom is 0.341 e. The minimum absolute atomic E-state index is 0. The van der Waals surface area contributed by atoms with E-state index in [-0.39, 0.29) is 29.6 Å². The molecule has 1 saturated heterocycles. The summed E-state index contributed by atoms with van der Waals surface area (Å²) < 4.78 is 5.15. The number of nitrogens with zero attached hydrogens (tertiary/aromatic N) is 1. The Kier molecular flexibility index (Phi) is 10.8. The van der Waals surface area contributed by atoms with Crippen LogP contribution in [0.3, 0.4) is 0 Å². The second-order valence-electron chi connectivity index (χ2n) is 6.78. The van der Waals surface area contributed by atoms with Crippen LogP contribution >= 0.6 is 12.4 Å². The molecule has 0 atom stereocenters. The summed E-state index contributed by atoms with van der Waals surface area (Å²) in [6.45, 7) is 5.29. The van der Waals surface area contributed by atoms with Crippen LogP contribution in [-0.2, 0) is 9.53 Å². The third kappa shape index (κ3) is 8.18. The van der Waals surface area contributed by atoms with Gasteiger partial charge in [-0.05, 0) is 44.5 Å². The van der Waals surface area contributed by atoms with E-state index in [1.165, 1.54) is 31.4 Å². The highest BCUT2D eigenvalue weighted by Crippen LogP contribution is 2.23. The van der Waals surface area contributed by atoms with Gasteiger partial charge in [0.15, 0.2) is 0 Å². The van der Waals surface area contributed by atoms with Gasteiger partial charge >= 0.3 is 5.97 Å². The Morgan fingerprint density at radius 2 is 1.93 bits per heavy atom. The standard InChI is InChI=1S/C20H30N2O4.ClH/c1-2-3-7-14-26-20(25)17-9-8-16(15-18(17)23)21-19(24)10-13-22-11-5-4-6-12-22;/h8-9,15,23H,2-7,10-14H2,1H3,(H,21,24);1H. The van der Waals surface area contributed by atoms with Crippen molar-refractivity contribution in [3.63, 3.8) is 0 Å². The fourth-order valence-electron chi connectivity index (χ4n) is 3.04. The van der Waals surface area contributed by atoms with Gasteiger partial charge in [0.25, 0.3) is 0 Å². The Morgan fingerprint density at radius 3 is 2.59 bits per heavy atom. The lowest BCUT2D eigenvalue weighted by Gasteiger charge is -2.25. The monoisotopic (exact) mass is 398 g/mol.